The van der Waals surface area contributed by atoms with Gasteiger partial charge in [0.25, 0.3) is 0 Å². The molecule has 0 aliphatic heterocycles. The molecular weight excluding hydrogens is 490 g/mol. The van der Waals surface area contributed by atoms with Crippen LogP contribution in [0.4, 0.5) is 5.69 Å². The van der Waals surface area contributed by atoms with Gasteiger partial charge in [0.1, 0.15) is 10.6 Å². The van der Waals surface area contributed by atoms with E-state index in [4.69, 9.17) is 13.7 Å². The molecule has 0 aliphatic rings. The van der Waals surface area contributed by atoms with Crippen molar-refractivity contribution in [2.75, 3.05) is 25.1 Å². The van der Waals surface area contributed by atoms with Gasteiger partial charge >= 0.3 is 16.1 Å². The summed E-state index contributed by atoms with van der Waals surface area (Å²) >= 11 is 0. The van der Waals surface area contributed by atoms with Crippen LogP contribution >= 0.6 is 0 Å². The third kappa shape index (κ3) is 8.91. The maximum Gasteiger partial charge on any atom is 0.339 e. The lowest BCUT2D eigenvalue weighted by Gasteiger charge is -2.16. The topological polar surface area (TPSA) is 90.9 Å². The molecule has 0 aliphatic carbocycles. The Morgan fingerprint density at radius 1 is 0.865 bits per heavy atom. The van der Waals surface area contributed by atoms with Crippen molar-refractivity contribution in [1.29, 1.82) is 0 Å². The number of ether oxygens (including phenoxy) is 2. The highest BCUT2D eigenvalue weighted by Crippen LogP contribution is 2.20. The average Bonchev–Trinajstić information content (AvgIpc) is 2.88. The van der Waals surface area contributed by atoms with Gasteiger partial charge in [0, 0.05) is 25.3 Å². The minimum atomic E-state index is -3.85. The van der Waals surface area contributed by atoms with Crippen molar-refractivity contribution >= 4 is 21.8 Å². The standard InChI is InChI=1S/C29H35NO6S/c1-4-34-28(29(31)35-5-2)21-24-10-14-25(15-11-24)30-20-6-7-23-12-16-26(17-13-23)36-37(32,33)27-18-8-22(3)9-19-27/h8-19,28,30H,4-7,20-21H2,1-3H3. The first-order valence-corrected chi connectivity index (χ1v) is 13.9. The first kappa shape index (κ1) is 28.2. The first-order valence-electron chi connectivity index (χ1n) is 12.5. The lowest BCUT2D eigenvalue weighted by Crippen LogP contribution is -2.28. The van der Waals surface area contributed by atoms with E-state index >= 15 is 0 Å². The second-order valence-corrected chi connectivity index (χ2v) is 10.2. The predicted octanol–water partition coefficient (Wildman–Crippen LogP) is 5.32. The number of nitrogens with one attached hydrogen (secondary N) is 1. The van der Waals surface area contributed by atoms with E-state index in [1.165, 1.54) is 0 Å². The fourth-order valence-corrected chi connectivity index (χ4v) is 4.67. The van der Waals surface area contributed by atoms with Crippen molar-refractivity contribution < 1.29 is 26.9 Å². The zero-order valence-corrected chi connectivity index (χ0v) is 22.4. The van der Waals surface area contributed by atoms with Crippen molar-refractivity contribution in [2.24, 2.45) is 0 Å². The molecule has 37 heavy (non-hydrogen) atoms. The second-order valence-electron chi connectivity index (χ2n) is 8.62. The smallest absolute Gasteiger partial charge is 0.339 e. The normalized spacial score (nSPS) is 12.1. The van der Waals surface area contributed by atoms with E-state index in [0.717, 1.165) is 41.8 Å². The highest BCUT2D eigenvalue weighted by atomic mass is 32.2. The molecule has 1 atom stereocenters. The molecule has 1 N–H and O–H groups in total. The molecule has 0 amide bonds. The average molecular weight is 526 g/mol. The summed E-state index contributed by atoms with van der Waals surface area (Å²) in [5, 5.41) is 3.40. The lowest BCUT2D eigenvalue weighted by molar-refractivity contribution is -0.156. The number of esters is 1. The van der Waals surface area contributed by atoms with Crippen LogP contribution < -0.4 is 9.50 Å². The first-order chi connectivity index (χ1) is 17.8. The number of carbonyl (C=O) groups is 1. The number of hydrogen-bond acceptors (Lipinski definition) is 7. The third-order valence-electron chi connectivity index (χ3n) is 5.70. The Hall–Kier alpha value is -3.36. The van der Waals surface area contributed by atoms with Crippen LogP contribution in [0.5, 0.6) is 5.75 Å². The Kier molecular flexibility index (Phi) is 10.5. The molecule has 8 heteroatoms. The fourth-order valence-electron chi connectivity index (χ4n) is 3.74. The van der Waals surface area contributed by atoms with Gasteiger partial charge in [-0.2, -0.15) is 8.42 Å². The van der Waals surface area contributed by atoms with Crippen LogP contribution in [0.15, 0.2) is 77.7 Å². The number of aryl methyl sites for hydroxylation is 2. The molecule has 3 aromatic rings. The van der Waals surface area contributed by atoms with Crippen molar-refractivity contribution in [3.05, 3.63) is 89.5 Å². The molecular formula is C29H35NO6S. The van der Waals surface area contributed by atoms with E-state index in [1.807, 2.05) is 50.2 Å². The van der Waals surface area contributed by atoms with Gasteiger partial charge in [-0.3, -0.25) is 0 Å². The number of carbonyl (C=O) groups excluding carboxylic acids is 1. The molecule has 0 radical (unpaired) electrons. The van der Waals surface area contributed by atoms with Crippen molar-refractivity contribution in [3.63, 3.8) is 0 Å². The van der Waals surface area contributed by atoms with Gasteiger partial charge in [-0.05, 0) is 81.1 Å². The summed E-state index contributed by atoms with van der Waals surface area (Å²) in [6, 6.07) is 21.6. The number of anilines is 1. The summed E-state index contributed by atoms with van der Waals surface area (Å²) < 4.78 is 40.8. The van der Waals surface area contributed by atoms with Crippen molar-refractivity contribution in [3.8, 4) is 5.75 Å². The third-order valence-corrected chi connectivity index (χ3v) is 6.96. The van der Waals surface area contributed by atoms with E-state index in [0.29, 0.717) is 19.6 Å². The van der Waals surface area contributed by atoms with Crippen LogP contribution in [-0.4, -0.2) is 40.2 Å². The van der Waals surface area contributed by atoms with E-state index in [-0.39, 0.29) is 16.6 Å². The number of rotatable bonds is 14. The summed E-state index contributed by atoms with van der Waals surface area (Å²) in [6.07, 6.45) is 1.62. The van der Waals surface area contributed by atoms with Crippen LogP contribution in [0.2, 0.25) is 0 Å². The highest BCUT2D eigenvalue weighted by molar-refractivity contribution is 7.87. The van der Waals surface area contributed by atoms with Gasteiger partial charge in [-0.15, -0.1) is 0 Å². The molecule has 3 rings (SSSR count). The summed E-state index contributed by atoms with van der Waals surface area (Å²) in [4.78, 5) is 12.2. The Morgan fingerprint density at radius 2 is 1.51 bits per heavy atom. The van der Waals surface area contributed by atoms with Gasteiger partial charge < -0.3 is 19.0 Å². The lowest BCUT2D eigenvalue weighted by atomic mass is 10.1. The quantitative estimate of drug-likeness (QED) is 0.173. The van der Waals surface area contributed by atoms with Crippen LogP contribution in [-0.2, 0) is 37.2 Å². The fraction of sp³-hybridized carbons (Fsp3) is 0.345. The summed E-state index contributed by atoms with van der Waals surface area (Å²) in [5.41, 5.74) is 4.08. The predicted molar refractivity (Wildman–Crippen MR) is 144 cm³/mol. The summed E-state index contributed by atoms with van der Waals surface area (Å²) in [7, 11) is -3.85. The van der Waals surface area contributed by atoms with Crippen LogP contribution in [0.25, 0.3) is 0 Å². The summed E-state index contributed by atoms with van der Waals surface area (Å²) in [5.74, 6) is -0.0453. The largest absolute Gasteiger partial charge is 0.464 e. The SMILES string of the molecule is CCOC(=O)C(Cc1ccc(NCCCc2ccc(OS(=O)(=O)c3ccc(C)cc3)cc2)cc1)OCC. The van der Waals surface area contributed by atoms with Gasteiger partial charge in [0.05, 0.1) is 6.61 Å². The van der Waals surface area contributed by atoms with E-state index in [1.54, 1.807) is 43.3 Å². The van der Waals surface area contributed by atoms with Crippen molar-refractivity contribution in [2.45, 2.75) is 51.0 Å². The maximum absolute atomic E-state index is 12.4. The molecule has 0 aromatic heterocycles. The maximum atomic E-state index is 12.4. The summed E-state index contributed by atoms with van der Waals surface area (Å²) in [6.45, 7) is 7.11. The molecule has 0 saturated heterocycles. The number of hydrogen-bond donors (Lipinski definition) is 1. The van der Waals surface area contributed by atoms with Gasteiger partial charge in [0.2, 0.25) is 0 Å². The molecule has 1 unspecified atom stereocenters. The van der Waals surface area contributed by atoms with Crippen molar-refractivity contribution in [1.82, 2.24) is 0 Å². The molecule has 198 valence electrons. The Labute approximate surface area is 219 Å². The highest BCUT2D eigenvalue weighted by Gasteiger charge is 2.20. The van der Waals surface area contributed by atoms with Gasteiger partial charge in [0.15, 0.2) is 6.10 Å². The van der Waals surface area contributed by atoms with Crippen LogP contribution in [0.1, 0.15) is 37.0 Å². The van der Waals surface area contributed by atoms with Crippen LogP contribution in [0.3, 0.4) is 0 Å². The van der Waals surface area contributed by atoms with E-state index < -0.39 is 16.2 Å². The molecule has 0 bridgehead atoms. The second kappa shape index (κ2) is 13.8. The molecule has 0 spiro atoms. The Bertz CT molecular complexity index is 1220. The van der Waals surface area contributed by atoms with Gasteiger partial charge in [-0.25, -0.2) is 4.79 Å². The minimum Gasteiger partial charge on any atom is -0.464 e. The minimum absolute atomic E-state index is 0.134. The number of benzene rings is 3. The zero-order valence-electron chi connectivity index (χ0n) is 21.6. The molecule has 0 fully saturated rings. The monoisotopic (exact) mass is 525 g/mol. The Balaban J connectivity index is 1.43. The van der Waals surface area contributed by atoms with Gasteiger partial charge in [-0.1, -0.05) is 42.0 Å². The van der Waals surface area contributed by atoms with E-state index in [9.17, 15) is 13.2 Å². The van der Waals surface area contributed by atoms with Crippen LogP contribution in [0, 0.1) is 6.92 Å². The van der Waals surface area contributed by atoms with E-state index in [2.05, 4.69) is 5.32 Å². The molecule has 0 saturated carbocycles. The molecule has 7 nitrogen and oxygen atoms in total. The molecule has 3 aromatic carbocycles. The zero-order chi connectivity index (χ0) is 26.7. The molecule has 0 heterocycles. The Morgan fingerprint density at radius 3 is 2.14 bits per heavy atom.